The molecule has 0 aromatic heterocycles. The Morgan fingerprint density at radius 1 is 0.476 bits per heavy atom. The normalized spacial score (nSPS) is 29.6. The van der Waals surface area contributed by atoms with Crippen LogP contribution in [0.3, 0.4) is 0 Å². The molecule has 480 valence electrons. The Labute approximate surface area is 491 Å². The molecule has 0 spiro atoms. The molecule has 0 aliphatic carbocycles. The molecular weight excluding hydrogens is 1060 g/mol. The number of nitrogens with one attached hydrogen (secondary N) is 2. The summed E-state index contributed by atoms with van der Waals surface area (Å²) in [7, 11) is 0. The molecule has 3 rings (SSSR count). The van der Waals surface area contributed by atoms with Crippen LogP contribution < -0.4 is 10.6 Å². The van der Waals surface area contributed by atoms with Crippen LogP contribution in [-0.2, 0) is 38.0 Å². The molecule has 6 unspecified atom stereocenters. The molecule has 3 heterocycles. The van der Waals surface area contributed by atoms with Gasteiger partial charge in [-0.3, -0.25) is 9.59 Å². The van der Waals surface area contributed by atoms with Crippen molar-refractivity contribution in [2.75, 3.05) is 26.4 Å². The first-order valence-electron chi connectivity index (χ1n) is 32.1. The number of amides is 2. The molecule has 3 saturated heterocycles. The highest BCUT2D eigenvalue weighted by Crippen LogP contribution is 2.33. The maximum atomic E-state index is 13.4. The van der Waals surface area contributed by atoms with Gasteiger partial charge in [0.15, 0.2) is 18.9 Å². The molecule has 0 saturated carbocycles. The number of allylic oxidation sites excluding steroid dienone is 3. The first-order valence-corrected chi connectivity index (χ1v) is 32.1. The van der Waals surface area contributed by atoms with Gasteiger partial charge in [-0.25, -0.2) is 0 Å². The number of hydrogen-bond donors (Lipinski definition) is 12. The van der Waals surface area contributed by atoms with Crippen molar-refractivity contribution >= 4 is 11.8 Å². The Hall–Kier alpha value is -2.22. The molecule has 17 atom stereocenters. The summed E-state index contributed by atoms with van der Waals surface area (Å²) in [5.74, 6) is -0.926. The number of rotatable bonds is 47. The van der Waals surface area contributed by atoms with Crippen molar-refractivity contribution in [3.63, 3.8) is 0 Å². The van der Waals surface area contributed by atoms with E-state index in [0.29, 0.717) is 6.42 Å². The van der Waals surface area contributed by atoms with E-state index in [1.54, 1.807) is 6.08 Å². The second kappa shape index (κ2) is 45.1. The third-order valence-electron chi connectivity index (χ3n) is 16.1. The predicted octanol–water partition coefficient (Wildman–Crippen LogP) is 6.08. The second-order valence-electron chi connectivity index (χ2n) is 23.3. The van der Waals surface area contributed by atoms with Gasteiger partial charge in [0.05, 0.1) is 38.6 Å². The molecule has 2 amide bonds. The topological polar surface area (TPSA) is 316 Å². The first kappa shape index (κ1) is 74.0. The molecule has 20 nitrogen and oxygen atoms in total. The van der Waals surface area contributed by atoms with E-state index in [1.807, 2.05) is 6.08 Å². The Morgan fingerprint density at radius 2 is 0.866 bits per heavy atom. The number of carbonyl (C=O) groups is 2. The number of carbonyl (C=O) groups excluding carboxylic acids is 2. The van der Waals surface area contributed by atoms with E-state index < -0.39 is 130 Å². The van der Waals surface area contributed by atoms with Crippen molar-refractivity contribution in [2.24, 2.45) is 0 Å². The summed E-state index contributed by atoms with van der Waals surface area (Å²) in [6, 6.07) is -2.41. The highest BCUT2D eigenvalue weighted by molar-refractivity contribution is 5.76. The number of aliphatic hydroxyl groups excluding tert-OH is 10. The fourth-order valence-corrected chi connectivity index (χ4v) is 11.0. The fraction of sp³-hybridized carbons (Fsp3) is 0.903. The Kier molecular flexibility index (Phi) is 40.7. The smallest absolute Gasteiger partial charge is 0.220 e. The van der Waals surface area contributed by atoms with E-state index in [1.165, 1.54) is 148 Å². The van der Waals surface area contributed by atoms with Gasteiger partial charge in [0.25, 0.3) is 0 Å². The maximum Gasteiger partial charge on any atom is 0.220 e. The lowest BCUT2D eigenvalue weighted by Crippen LogP contribution is -2.68. The van der Waals surface area contributed by atoms with Crippen molar-refractivity contribution in [3.05, 3.63) is 24.3 Å². The summed E-state index contributed by atoms with van der Waals surface area (Å²) in [5, 5.41) is 114. The largest absolute Gasteiger partial charge is 0.394 e. The van der Waals surface area contributed by atoms with Crippen LogP contribution in [0, 0.1) is 0 Å². The SMILES string of the molecule is CCCCCCCC/C=C\CCCCCCCCCCCCCC(=O)N[C@@H](CO[C@@H]1OC(CO)[C@@H](O[C@@H]2OC(CO)[C@H](O[C@@H]3OC(CO)[C@H](O)[C@H](O)C3NC(C)=O)[C@H](O)C2O)[C@H](O)C1O)[C@H](O)/C=C/CCCCCCCCCCCCC. The molecule has 3 aliphatic rings. The number of hydrogen-bond acceptors (Lipinski definition) is 18. The Morgan fingerprint density at radius 3 is 1.32 bits per heavy atom. The van der Waals surface area contributed by atoms with E-state index in [9.17, 15) is 60.7 Å². The summed E-state index contributed by atoms with van der Waals surface area (Å²) in [6.07, 6.45) is 20.7. The number of aliphatic hydroxyl groups is 10. The van der Waals surface area contributed by atoms with Crippen LogP contribution >= 0.6 is 0 Å². The van der Waals surface area contributed by atoms with Gasteiger partial charge in [0.2, 0.25) is 11.8 Å². The van der Waals surface area contributed by atoms with Gasteiger partial charge in [-0.05, 0) is 44.9 Å². The molecule has 12 N–H and O–H groups in total. The number of ether oxygens (including phenoxy) is 6. The van der Waals surface area contributed by atoms with Gasteiger partial charge in [-0.1, -0.05) is 192 Å². The molecular formula is C62H114N2O18. The van der Waals surface area contributed by atoms with Gasteiger partial charge in [0, 0.05) is 13.3 Å². The third-order valence-corrected chi connectivity index (χ3v) is 16.1. The van der Waals surface area contributed by atoms with E-state index in [2.05, 4.69) is 36.6 Å². The first-order chi connectivity index (χ1) is 39.7. The average molecular weight is 1180 g/mol. The molecule has 3 fully saturated rings. The highest BCUT2D eigenvalue weighted by atomic mass is 16.8. The quantitative estimate of drug-likeness (QED) is 0.0243. The van der Waals surface area contributed by atoms with Crippen molar-refractivity contribution < 1.29 is 89.1 Å². The lowest BCUT2D eigenvalue weighted by molar-refractivity contribution is -0.374. The minimum absolute atomic E-state index is 0.240. The standard InChI is InChI=1S/C62H114N2O18/c1-4-6-8-10-12-14-16-18-19-20-21-22-23-24-25-27-29-31-33-35-37-39-50(70)64-45(46(69)38-36-34-32-30-28-26-17-15-13-11-9-7-5-2)43-77-61-56(75)54(73)59(48(41-66)79-61)82-62-57(76)55(74)58(49(42-67)80-62)81-60-51(63-44(3)68)53(72)52(71)47(40-65)78-60/h18-19,36,38,45-49,51-62,65-67,69,71-76H,4-17,20-35,37,39-43H2,1-3H3,(H,63,68)(H,64,70)/b19-18-,38-36+/t45-,46+,47?,48?,49?,51?,52-,53+,54+,55+,56?,57?,58-,59+,60-,61+,62-/m0/s1. The molecule has 0 aromatic rings. The highest BCUT2D eigenvalue weighted by Gasteiger charge is 2.54. The van der Waals surface area contributed by atoms with Crippen LogP contribution in [0.2, 0.25) is 0 Å². The van der Waals surface area contributed by atoms with E-state index in [-0.39, 0.29) is 18.9 Å². The summed E-state index contributed by atoms with van der Waals surface area (Å²) in [6.45, 7) is 2.83. The van der Waals surface area contributed by atoms with Gasteiger partial charge in [-0.15, -0.1) is 0 Å². The lowest BCUT2D eigenvalue weighted by atomic mass is 9.95. The van der Waals surface area contributed by atoms with Crippen LogP contribution in [0.25, 0.3) is 0 Å². The van der Waals surface area contributed by atoms with Crippen LogP contribution in [0.4, 0.5) is 0 Å². The van der Waals surface area contributed by atoms with E-state index in [0.717, 1.165) is 51.9 Å². The lowest BCUT2D eigenvalue weighted by Gasteiger charge is -2.48. The zero-order valence-electron chi connectivity index (χ0n) is 50.3. The van der Waals surface area contributed by atoms with Gasteiger partial charge in [0.1, 0.15) is 73.2 Å². The maximum absolute atomic E-state index is 13.4. The molecule has 3 aliphatic heterocycles. The summed E-state index contributed by atoms with van der Waals surface area (Å²) >= 11 is 0. The zero-order valence-corrected chi connectivity index (χ0v) is 50.3. The van der Waals surface area contributed by atoms with E-state index >= 15 is 0 Å². The van der Waals surface area contributed by atoms with Crippen molar-refractivity contribution in [1.82, 2.24) is 10.6 Å². The fourth-order valence-electron chi connectivity index (χ4n) is 11.0. The molecule has 0 radical (unpaired) electrons. The predicted molar refractivity (Wildman–Crippen MR) is 312 cm³/mol. The number of unbranched alkanes of at least 4 members (excludes halogenated alkanes) is 28. The Bertz CT molecular complexity index is 1660. The zero-order chi connectivity index (χ0) is 59.9. The second-order valence-corrected chi connectivity index (χ2v) is 23.3. The van der Waals surface area contributed by atoms with Crippen molar-refractivity contribution in [3.8, 4) is 0 Å². The average Bonchev–Trinajstić information content (AvgIpc) is 3.58. The van der Waals surface area contributed by atoms with Gasteiger partial charge >= 0.3 is 0 Å². The van der Waals surface area contributed by atoms with Crippen molar-refractivity contribution in [2.45, 2.75) is 330 Å². The van der Waals surface area contributed by atoms with Crippen LogP contribution in [-0.4, -0.2) is 194 Å². The van der Waals surface area contributed by atoms with Crippen LogP contribution in [0.15, 0.2) is 24.3 Å². The van der Waals surface area contributed by atoms with Crippen LogP contribution in [0.1, 0.15) is 226 Å². The van der Waals surface area contributed by atoms with Gasteiger partial charge < -0.3 is 90.1 Å². The summed E-state index contributed by atoms with van der Waals surface area (Å²) in [4.78, 5) is 25.3. The Balaban J connectivity index is 1.51. The van der Waals surface area contributed by atoms with Gasteiger partial charge in [-0.2, -0.15) is 0 Å². The molecule has 0 bridgehead atoms. The summed E-state index contributed by atoms with van der Waals surface area (Å²) < 4.78 is 34.9. The monoisotopic (exact) mass is 1170 g/mol. The molecule has 20 heteroatoms. The van der Waals surface area contributed by atoms with Crippen LogP contribution in [0.5, 0.6) is 0 Å². The summed E-state index contributed by atoms with van der Waals surface area (Å²) in [5.41, 5.74) is 0. The van der Waals surface area contributed by atoms with Crippen molar-refractivity contribution in [1.29, 1.82) is 0 Å². The van der Waals surface area contributed by atoms with E-state index in [4.69, 9.17) is 28.4 Å². The third kappa shape index (κ3) is 28.5. The minimum atomic E-state index is -1.99. The molecule has 0 aromatic carbocycles. The molecule has 82 heavy (non-hydrogen) atoms. The minimum Gasteiger partial charge on any atom is -0.394 e.